The number of imidazole rings is 1. The number of hydrogen-bond donors (Lipinski definition) is 0. The van der Waals surface area contributed by atoms with Crippen molar-refractivity contribution in [1.82, 2.24) is 9.55 Å². The Morgan fingerprint density at radius 2 is 0.964 bits per heavy atom. The normalized spacial score (nSPS) is 15.7. The van der Waals surface area contributed by atoms with Gasteiger partial charge < -0.3 is 4.57 Å². The Balaban J connectivity index is 1.11. The third-order valence-corrected chi connectivity index (χ3v) is 12.1. The predicted molar refractivity (Wildman–Crippen MR) is 238 cm³/mol. The summed E-state index contributed by atoms with van der Waals surface area (Å²) < 4.78 is 2.46. The summed E-state index contributed by atoms with van der Waals surface area (Å²) in [6.45, 7) is 2.31. The highest BCUT2D eigenvalue weighted by molar-refractivity contribution is 6.22. The number of aromatic nitrogens is 2. The van der Waals surface area contributed by atoms with Crippen molar-refractivity contribution < 1.29 is 0 Å². The fraction of sp³-hybridized carbons (Fsp3) is 0.0926. The molecule has 1 heterocycles. The Labute approximate surface area is 327 Å². The minimum atomic E-state index is 0.300. The fourth-order valence-electron chi connectivity index (χ4n) is 9.22. The Kier molecular flexibility index (Phi) is 7.70. The van der Waals surface area contributed by atoms with Crippen LogP contribution in [0.15, 0.2) is 188 Å². The number of hydrogen-bond acceptors (Lipinski definition) is 1. The molecule has 0 N–H and O–H groups in total. The lowest BCUT2D eigenvalue weighted by Gasteiger charge is -2.24. The van der Waals surface area contributed by atoms with Gasteiger partial charge in [-0.3, -0.25) is 0 Å². The molecule has 0 fully saturated rings. The van der Waals surface area contributed by atoms with Crippen LogP contribution in [0.1, 0.15) is 25.8 Å². The highest BCUT2D eigenvalue weighted by Crippen LogP contribution is 2.46. The highest BCUT2D eigenvalue weighted by Gasteiger charge is 2.22. The van der Waals surface area contributed by atoms with Gasteiger partial charge in [-0.15, -0.1) is 0 Å². The summed E-state index contributed by atoms with van der Waals surface area (Å²) in [4.78, 5) is 5.20. The lowest BCUT2D eigenvalue weighted by molar-refractivity contribution is 0.473. The van der Waals surface area contributed by atoms with E-state index >= 15 is 0 Å². The van der Waals surface area contributed by atoms with E-state index in [1.807, 2.05) is 0 Å². The molecule has 0 bridgehead atoms. The van der Waals surface area contributed by atoms with E-state index in [1.54, 1.807) is 0 Å². The Morgan fingerprint density at radius 1 is 0.429 bits per heavy atom. The summed E-state index contributed by atoms with van der Waals surface area (Å²) in [6.07, 6.45) is 7.07. The maximum Gasteiger partial charge on any atom is 0.141 e. The van der Waals surface area contributed by atoms with Gasteiger partial charge in [-0.1, -0.05) is 165 Å². The molecule has 11 rings (SSSR count). The molecule has 2 nitrogen and oxygen atoms in total. The van der Waals surface area contributed by atoms with E-state index in [-0.39, 0.29) is 0 Å². The van der Waals surface area contributed by atoms with Crippen LogP contribution in [-0.2, 0) is 0 Å². The van der Waals surface area contributed by atoms with E-state index in [2.05, 4.69) is 200 Å². The van der Waals surface area contributed by atoms with Crippen molar-refractivity contribution >= 4 is 54.1 Å². The molecule has 2 heteroatoms. The predicted octanol–water partition coefficient (Wildman–Crippen LogP) is 14.8. The number of rotatable bonds is 5. The van der Waals surface area contributed by atoms with Crippen molar-refractivity contribution in [3.63, 3.8) is 0 Å². The first-order chi connectivity index (χ1) is 27.7. The molecule has 0 aliphatic heterocycles. The molecule has 2 atom stereocenters. The molecule has 0 saturated heterocycles. The Bertz CT molecular complexity index is 3160. The van der Waals surface area contributed by atoms with Crippen LogP contribution in [-0.4, -0.2) is 9.55 Å². The Hall–Kier alpha value is -6.77. The van der Waals surface area contributed by atoms with Crippen LogP contribution >= 0.6 is 0 Å². The van der Waals surface area contributed by atoms with Crippen molar-refractivity contribution in [1.29, 1.82) is 0 Å². The zero-order chi connectivity index (χ0) is 37.2. The van der Waals surface area contributed by atoms with Crippen LogP contribution in [0.5, 0.6) is 0 Å². The molecule has 56 heavy (non-hydrogen) atoms. The van der Waals surface area contributed by atoms with Gasteiger partial charge in [0, 0.05) is 5.56 Å². The second-order valence-corrected chi connectivity index (χ2v) is 15.6. The van der Waals surface area contributed by atoms with Crippen LogP contribution in [0, 0.1) is 5.92 Å². The third-order valence-electron chi connectivity index (χ3n) is 12.1. The summed E-state index contributed by atoms with van der Waals surface area (Å²) in [7, 11) is 0. The minimum absolute atomic E-state index is 0.300. The number of para-hydroxylation sites is 2. The minimum Gasteiger partial charge on any atom is -0.317 e. The van der Waals surface area contributed by atoms with Gasteiger partial charge in [0.2, 0.25) is 0 Å². The van der Waals surface area contributed by atoms with Crippen molar-refractivity contribution in [2.45, 2.75) is 25.8 Å². The van der Waals surface area contributed by atoms with Crippen LogP contribution in [0.4, 0.5) is 0 Å². The standard InChI is InChI=1S/C54H40N2/c1-35-18-29-45(30-19-35)56-51-17-9-8-16-50(51)55-54(56)39-24-20-38(21-25-39)42-28-31-48-49(34-42)53(44-27-23-37-11-3-5-13-41(37)33-44)47-15-7-6-14-46(47)52(48)43-26-22-36-10-2-4-12-40(36)32-43/h2-18,20-29,31-35,45H,19,30H2,1H3. The molecule has 0 radical (unpaired) electrons. The number of nitrogens with zero attached hydrogens (tertiary/aromatic N) is 2. The largest absolute Gasteiger partial charge is 0.317 e. The van der Waals surface area contributed by atoms with Crippen molar-refractivity contribution in [3.05, 3.63) is 188 Å². The molecule has 1 aliphatic carbocycles. The number of allylic oxidation sites excluding steroid dienone is 2. The van der Waals surface area contributed by atoms with E-state index in [9.17, 15) is 0 Å². The second-order valence-electron chi connectivity index (χ2n) is 15.6. The van der Waals surface area contributed by atoms with Gasteiger partial charge in [0.25, 0.3) is 0 Å². The maximum absolute atomic E-state index is 5.20. The first-order valence-corrected chi connectivity index (χ1v) is 19.9. The second kappa shape index (κ2) is 13.2. The molecule has 0 spiro atoms. The maximum atomic E-state index is 5.20. The SMILES string of the molecule is CC1C=CC(n2c(-c3ccc(-c4ccc5c(-c6ccc7ccccc7c6)c6ccccc6c(-c6ccc7ccccc7c6)c5c4)cc3)nc3ccccc32)CC1. The summed E-state index contributed by atoms with van der Waals surface area (Å²) >= 11 is 0. The van der Waals surface area contributed by atoms with Crippen LogP contribution in [0.25, 0.3) is 98.9 Å². The van der Waals surface area contributed by atoms with Gasteiger partial charge in [-0.25, -0.2) is 4.98 Å². The van der Waals surface area contributed by atoms with E-state index in [4.69, 9.17) is 4.98 Å². The molecular formula is C54H40N2. The van der Waals surface area contributed by atoms with Crippen molar-refractivity contribution in [2.24, 2.45) is 5.92 Å². The van der Waals surface area contributed by atoms with Crippen LogP contribution < -0.4 is 0 Å². The topological polar surface area (TPSA) is 17.8 Å². The smallest absolute Gasteiger partial charge is 0.141 e. The molecule has 9 aromatic carbocycles. The molecule has 1 aromatic heterocycles. The van der Waals surface area contributed by atoms with Crippen molar-refractivity contribution in [2.75, 3.05) is 0 Å². The molecule has 0 saturated carbocycles. The van der Waals surface area contributed by atoms with E-state index < -0.39 is 0 Å². The molecule has 1 aliphatic rings. The Morgan fingerprint density at radius 3 is 1.62 bits per heavy atom. The van der Waals surface area contributed by atoms with E-state index in [1.165, 1.54) is 88.4 Å². The average molecular weight is 717 g/mol. The zero-order valence-corrected chi connectivity index (χ0v) is 31.4. The third kappa shape index (κ3) is 5.44. The lowest BCUT2D eigenvalue weighted by atomic mass is 9.84. The summed E-state index contributed by atoms with van der Waals surface area (Å²) in [5.41, 5.74) is 10.8. The zero-order valence-electron chi connectivity index (χ0n) is 31.4. The quantitative estimate of drug-likeness (QED) is 0.128. The van der Waals surface area contributed by atoms with Crippen LogP contribution in [0.3, 0.4) is 0 Å². The average Bonchev–Trinajstić information content (AvgIpc) is 3.65. The summed E-state index contributed by atoms with van der Waals surface area (Å²) in [5, 5.41) is 10.0. The molecule has 266 valence electrons. The first-order valence-electron chi connectivity index (χ1n) is 19.9. The highest BCUT2D eigenvalue weighted by atomic mass is 15.1. The monoisotopic (exact) mass is 716 g/mol. The summed E-state index contributed by atoms with van der Waals surface area (Å²) in [6, 6.07) is 65.2. The summed E-state index contributed by atoms with van der Waals surface area (Å²) in [5.74, 6) is 1.65. The van der Waals surface area contributed by atoms with Crippen molar-refractivity contribution in [3.8, 4) is 44.8 Å². The van der Waals surface area contributed by atoms with E-state index in [0.717, 1.165) is 23.3 Å². The lowest BCUT2D eigenvalue weighted by Crippen LogP contribution is -2.13. The number of fused-ring (bicyclic) bond motifs is 5. The number of benzene rings is 9. The molecule has 0 amide bonds. The van der Waals surface area contributed by atoms with Gasteiger partial charge in [0.1, 0.15) is 5.82 Å². The van der Waals surface area contributed by atoms with E-state index in [0.29, 0.717) is 12.0 Å². The van der Waals surface area contributed by atoms with Gasteiger partial charge in [-0.05, 0) is 126 Å². The van der Waals surface area contributed by atoms with Gasteiger partial charge in [0.05, 0.1) is 17.1 Å². The van der Waals surface area contributed by atoms with Gasteiger partial charge in [0.15, 0.2) is 0 Å². The molecular weight excluding hydrogens is 677 g/mol. The molecule has 10 aromatic rings. The van der Waals surface area contributed by atoms with Gasteiger partial charge >= 0.3 is 0 Å². The van der Waals surface area contributed by atoms with Gasteiger partial charge in [-0.2, -0.15) is 0 Å². The fourth-order valence-corrected chi connectivity index (χ4v) is 9.22. The first kappa shape index (κ1) is 32.6. The molecule has 2 unspecified atom stereocenters. The van der Waals surface area contributed by atoms with Crippen LogP contribution in [0.2, 0.25) is 0 Å².